The molecule has 0 spiro atoms. The van der Waals surface area contributed by atoms with Crippen LogP contribution in [0.4, 0.5) is 19.0 Å². The molecule has 0 bridgehead atoms. The van der Waals surface area contributed by atoms with Crippen LogP contribution in [0.15, 0.2) is 60.7 Å². The maximum Gasteiger partial charge on any atom is 0.416 e. The minimum atomic E-state index is -4.42. The largest absolute Gasteiger partial charge is 0.492 e. The van der Waals surface area contributed by atoms with Gasteiger partial charge in [-0.15, -0.1) is 10.2 Å². The number of amides is 1. The van der Waals surface area contributed by atoms with Gasteiger partial charge in [0.15, 0.2) is 5.82 Å². The lowest BCUT2D eigenvalue weighted by Gasteiger charge is -2.31. The molecule has 1 saturated heterocycles. The van der Waals surface area contributed by atoms with Crippen molar-refractivity contribution in [3.63, 3.8) is 0 Å². The molecular formula is C26H27F3N4O2. The van der Waals surface area contributed by atoms with Gasteiger partial charge in [-0.2, -0.15) is 13.2 Å². The third kappa shape index (κ3) is 6.29. The van der Waals surface area contributed by atoms with E-state index >= 15 is 0 Å². The van der Waals surface area contributed by atoms with Gasteiger partial charge in [-0.05, 0) is 55.7 Å². The van der Waals surface area contributed by atoms with Crippen molar-refractivity contribution in [2.45, 2.75) is 25.9 Å². The van der Waals surface area contributed by atoms with Crippen LogP contribution in [-0.2, 0) is 11.0 Å². The Kier molecular flexibility index (Phi) is 7.53. The van der Waals surface area contributed by atoms with E-state index in [1.165, 1.54) is 12.1 Å². The van der Waals surface area contributed by atoms with Crippen LogP contribution in [0.3, 0.4) is 0 Å². The Morgan fingerprint density at radius 1 is 1.06 bits per heavy atom. The lowest BCUT2D eigenvalue weighted by atomic mass is 9.96. The molecule has 1 aromatic heterocycles. The van der Waals surface area contributed by atoms with Crippen molar-refractivity contribution in [3.05, 3.63) is 71.8 Å². The first-order chi connectivity index (χ1) is 16.8. The SMILES string of the molecule is Cc1ccccc1-c1ccc(N2CCC(C(=O)NCCOc3cccc(C(F)(F)F)c3)CC2)nn1. The van der Waals surface area contributed by atoms with Crippen LogP contribution in [0.2, 0.25) is 0 Å². The van der Waals surface area contributed by atoms with Crippen molar-refractivity contribution in [1.82, 2.24) is 15.5 Å². The number of ether oxygens (including phenoxy) is 1. The van der Waals surface area contributed by atoms with E-state index in [9.17, 15) is 18.0 Å². The first-order valence-electron chi connectivity index (χ1n) is 11.5. The highest BCUT2D eigenvalue weighted by atomic mass is 19.4. The third-order valence-electron chi connectivity index (χ3n) is 6.09. The molecule has 2 aromatic carbocycles. The molecule has 2 heterocycles. The minimum Gasteiger partial charge on any atom is -0.492 e. The molecule has 1 aliphatic heterocycles. The summed E-state index contributed by atoms with van der Waals surface area (Å²) in [5.41, 5.74) is 2.26. The molecule has 3 aromatic rings. The standard InChI is InChI=1S/C26H27F3N4O2/c1-18-5-2-3-8-22(18)23-9-10-24(32-31-23)33-14-11-19(12-15-33)25(34)30-13-16-35-21-7-4-6-20(17-21)26(27,28)29/h2-10,17,19H,11-16H2,1H3,(H,30,34). The van der Waals surface area contributed by atoms with Crippen LogP contribution < -0.4 is 15.0 Å². The molecule has 35 heavy (non-hydrogen) atoms. The smallest absolute Gasteiger partial charge is 0.416 e. The van der Waals surface area contributed by atoms with E-state index in [-0.39, 0.29) is 30.7 Å². The summed E-state index contributed by atoms with van der Waals surface area (Å²) >= 11 is 0. The zero-order valence-electron chi connectivity index (χ0n) is 19.4. The van der Waals surface area contributed by atoms with Crippen LogP contribution in [-0.4, -0.2) is 42.3 Å². The predicted octanol–water partition coefficient (Wildman–Crippen LogP) is 4.88. The highest BCUT2D eigenvalue weighted by molar-refractivity contribution is 5.79. The quantitative estimate of drug-likeness (QED) is 0.484. The summed E-state index contributed by atoms with van der Waals surface area (Å²) in [7, 11) is 0. The second-order valence-corrected chi connectivity index (χ2v) is 8.52. The van der Waals surface area contributed by atoms with Gasteiger partial charge in [-0.3, -0.25) is 4.79 Å². The normalized spacial score (nSPS) is 14.6. The number of aromatic nitrogens is 2. The third-order valence-corrected chi connectivity index (χ3v) is 6.09. The number of anilines is 1. The number of hydrogen-bond donors (Lipinski definition) is 1. The van der Waals surface area contributed by atoms with Crippen molar-refractivity contribution in [2.75, 3.05) is 31.1 Å². The second-order valence-electron chi connectivity index (χ2n) is 8.52. The molecule has 0 radical (unpaired) electrons. The Labute approximate surface area is 202 Å². The van der Waals surface area contributed by atoms with Gasteiger partial charge in [0.2, 0.25) is 5.91 Å². The number of rotatable bonds is 7. The Morgan fingerprint density at radius 3 is 2.51 bits per heavy atom. The molecule has 0 unspecified atom stereocenters. The number of nitrogens with one attached hydrogen (secondary N) is 1. The van der Waals surface area contributed by atoms with E-state index in [0.717, 1.165) is 34.8 Å². The van der Waals surface area contributed by atoms with Gasteiger partial charge in [0.1, 0.15) is 12.4 Å². The molecule has 0 saturated carbocycles. The lowest BCUT2D eigenvalue weighted by Crippen LogP contribution is -2.41. The Hall–Kier alpha value is -3.62. The van der Waals surface area contributed by atoms with Gasteiger partial charge in [0.05, 0.1) is 17.8 Å². The van der Waals surface area contributed by atoms with Crippen LogP contribution in [0, 0.1) is 12.8 Å². The van der Waals surface area contributed by atoms with Crippen molar-refractivity contribution in [3.8, 4) is 17.0 Å². The summed E-state index contributed by atoms with van der Waals surface area (Å²) < 4.78 is 43.7. The fourth-order valence-electron chi connectivity index (χ4n) is 4.12. The highest BCUT2D eigenvalue weighted by Crippen LogP contribution is 2.31. The molecule has 4 rings (SSSR count). The molecular weight excluding hydrogens is 457 g/mol. The Morgan fingerprint density at radius 2 is 1.83 bits per heavy atom. The summed E-state index contributed by atoms with van der Waals surface area (Å²) in [4.78, 5) is 14.6. The lowest BCUT2D eigenvalue weighted by molar-refractivity contribution is -0.137. The molecule has 1 amide bonds. The van der Waals surface area contributed by atoms with Gasteiger partial charge in [-0.1, -0.05) is 30.3 Å². The molecule has 9 heteroatoms. The van der Waals surface area contributed by atoms with Crippen LogP contribution in [0.5, 0.6) is 5.75 Å². The summed E-state index contributed by atoms with van der Waals surface area (Å²) in [6.07, 6.45) is -3.06. The van der Waals surface area contributed by atoms with Crippen molar-refractivity contribution in [2.24, 2.45) is 5.92 Å². The number of hydrogen-bond acceptors (Lipinski definition) is 5. The Bertz CT molecular complexity index is 1140. The molecule has 1 N–H and O–H groups in total. The molecule has 184 valence electrons. The number of benzene rings is 2. The average Bonchev–Trinajstić information content (AvgIpc) is 2.87. The van der Waals surface area contributed by atoms with Gasteiger partial charge in [0.25, 0.3) is 0 Å². The highest BCUT2D eigenvalue weighted by Gasteiger charge is 2.30. The molecule has 0 atom stereocenters. The van der Waals surface area contributed by atoms with E-state index in [2.05, 4.69) is 20.4 Å². The Balaban J connectivity index is 1.21. The summed E-state index contributed by atoms with van der Waals surface area (Å²) in [6.45, 7) is 3.74. The summed E-state index contributed by atoms with van der Waals surface area (Å²) in [5.74, 6) is 0.713. The van der Waals surface area contributed by atoms with Crippen molar-refractivity contribution >= 4 is 11.7 Å². The fourth-order valence-corrected chi connectivity index (χ4v) is 4.12. The molecule has 1 aliphatic rings. The van der Waals surface area contributed by atoms with Gasteiger partial charge >= 0.3 is 6.18 Å². The maximum absolute atomic E-state index is 12.8. The number of alkyl halides is 3. The number of carbonyl (C=O) groups is 1. The summed E-state index contributed by atoms with van der Waals surface area (Å²) in [5, 5.41) is 11.6. The predicted molar refractivity (Wildman–Crippen MR) is 127 cm³/mol. The number of aryl methyl sites for hydroxylation is 1. The molecule has 1 fully saturated rings. The zero-order chi connectivity index (χ0) is 24.8. The summed E-state index contributed by atoms with van der Waals surface area (Å²) in [6, 6.07) is 16.7. The van der Waals surface area contributed by atoms with Gasteiger partial charge in [-0.25, -0.2) is 0 Å². The average molecular weight is 485 g/mol. The van der Waals surface area contributed by atoms with Crippen LogP contribution >= 0.6 is 0 Å². The topological polar surface area (TPSA) is 67.4 Å². The molecule has 0 aliphatic carbocycles. The number of carbonyl (C=O) groups excluding carboxylic acids is 1. The maximum atomic E-state index is 12.8. The van der Waals surface area contributed by atoms with Crippen LogP contribution in [0.1, 0.15) is 24.0 Å². The molecule has 6 nitrogen and oxygen atoms in total. The second kappa shape index (κ2) is 10.8. The number of nitrogens with zero attached hydrogens (tertiary/aromatic N) is 3. The number of piperidine rings is 1. The van der Waals surface area contributed by atoms with E-state index < -0.39 is 11.7 Å². The zero-order valence-corrected chi connectivity index (χ0v) is 19.4. The van der Waals surface area contributed by atoms with Gasteiger partial charge < -0.3 is 15.0 Å². The van der Waals surface area contributed by atoms with E-state index in [4.69, 9.17) is 4.74 Å². The van der Waals surface area contributed by atoms with Crippen molar-refractivity contribution < 1.29 is 22.7 Å². The minimum absolute atomic E-state index is 0.0710. The number of halogens is 3. The van der Waals surface area contributed by atoms with E-state index in [1.54, 1.807) is 0 Å². The van der Waals surface area contributed by atoms with E-state index in [1.807, 2.05) is 43.3 Å². The first-order valence-corrected chi connectivity index (χ1v) is 11.5. The van der Waals surface area contributed by atoms with Crippen molar-refractivity contribution in [1.29, 1.82) is 0 Å². The van der Waals surface area contributed by atoms with Crippen LogP contribution in [0.25, 0.3) is 11.3 Å². The fraction of sp³-hybridized carbons (Fsp3) is 0.346. The van der Waals surface area contributed by atoms with E-state index in [0.29, 0.717) is 25.9 Å². The first kappa shape index (κ1) is 24.5. The monoisotopic (exact) mass is 484 g/mol. The van der Waals surface area contributed by atoms with Gasteiger partial charge in [0, 0.05) is 24.6 Å².